The van der Waals surface area contributed by atoms with E-state index in [4.69, 9.17) is 28.9 Å². The average molecular weight is 261 g/mol. The van der Waals surface area contributed by atoms with Gasteiger partial charge < -0.3 is 11.1 Å². The molecule has 0 unspecified atom stereocenters. The molecule has 0 aliphatic rings. The number of hydrogen-bond acceptors (Lipinski definition) is 2. The van der Waals surface area contributed by atoms with E-state index in [9.17, 15) is 0 Å². The molecule has 0 aromatic heterocycles. The summed E-state index contributed by atoms with van der Waals surface area (Å²) in [6.45, 7) is 5.66. The predicted octanol–water partition coefficient (Wildman–Crippen LogP) is 3.21. The number of halogens is 2. The predicted molar refractivity (Wildman–Crippen MR) is 71.1 cm³/mol. The lowest BCUT2D eigenvalue weighted by atomic mass is 10.0. The van der Waals surface area contributed by atoms with E-state index in [1.54, 1.807) is 6.07 Å². The van der Waals surface area contributed by atoms with Crippen molar-refractivity contribution in [2.24, 2.45) is 5.73 Å². The summed E-state index contributed by atoms with van der Waals surface area (Å²) in [6.07, 6.45) is 0.929. The van der Waals surface area contributed by atoms with Crippen LogP contribution in [0.5, 0.6) is 0 Å². The van der Waals surface area contributed by atoms with Crippen molar-refractivity contribution in [2.75, 3.05) is 6.54 Å². The topological polar surface area (TPSA) is 38.0 Å². The molecule has 2 nitrogen and oxygen atoms in total. The summed E-state index contributed by atoms with van der Waals surface area (Å²) in [7, 11) is 0. The van der Waals surface area contributed by atoms with E-state index in [1.165, 1.54) is 0 Å². The van der Waals surface area contributed by atoms with Crippen molar-refractivity contribution in [1.82, 2.24) is 5.32 Å². The van der Waals surface area contributed by atoms with Crippen LogP contribution in [0.4, 0.5) is 0 Å². The van der Waals surface area contributed by atoms with Crippen molar-refractivity contribution in [3.8, 4) is 0 Å². The van der Waals surface area contributed by atoms with E-state index in [0.29, 0.717) is 10.0 Å². The van der Waals surface area contributed by atoms with Gasteiger partial charge in [0.05, 0.1) is 0 Å². The quantitative estimate of drug-likeness (QED) is 0.799. The third kappa shape index (κ3) is 5.17. The van der Waals surface area contributed by atoms with Crippen molar-refractivity contribution in [1.29, 1.82) is 0 Å². The normalized spacial score (nSPS) is 11.8. The zero-order chi connectivity index (χ0) is 12.2. The molecule has 0 saturated heterocycles. The maximum Gasteiger partial charge on any atom is 0.0465 e. The van der Waals surface area contributed by atoms with Gasteiger partial charge in [0, 0.05) is 22.1 Å². The Bertz CT molecular complexity index is 345. The van der Waals surface area contributed by atoms with Crippen molar-refractivity contribution in [3.63, 3.8) is 0 Å². The minimum Gasteiger partial charge on any atom is -0.326 e. The summed E-state index contributed by atoms with van der Waals surface area (Å²) in [5.74, 6) is 0. The summed E-state index contributed by atoms with van der Waals surface area (Å²) >= 11 is 11.9. The van der Waals surface area contributed by atoms with Gasteiger partial charge in [-0.05, 0) is 44.5 Å². The molecular formula is C12H18Cl2N2. The molecule has 0 radical (unpaired) electrons. The Morgan fingerprint density at radius 2 is 2.00 bits per heavy atom. The third-order valence-corrected chi connectivity index (χ3v) is 2.86. The summed E-state index contributed by atoms with van der Waals surface area (Å²) in [5.41, 5.74) is 6.81. The molecule has 4 heteroatoms. The fraction of sp³-hybridized carbons (Fsp3) is 0.500. The van der Waals surface area contributed by atoms with Crippen LogP contribution in [0, 0.1) is 0 Å². The van der Waals surface area contributed by atoms with Gasteiger partial charge in [-0.1, -0.05) is 29.3 Å². The van der Waals surface area contributed by atoms with Gasteiger partial charge in [0.2, 0.25) is 0 Å². The Kier molecular flexibility index (Phi) is 5.06. The second-order valence-electron chi connectivity index (χ2n) is 4.65. The minimum absolute atomic E-state index is 0.128. The van der Waals surface area contributed by atoms with Gasteiger partial charge in [0.15, 0.2) is 0 Å². The molecule has 0 heterocycles. The van der Waals surface area contributed by atoms with E-state index in [0.717, 1.165) is 25.1 Å². The highest BCUT2D eigenvalue weighted by Crippen LogP contribution is 2.20. The lowest BCUT2D eigenvalue weighted by Gasteiger charge is -2.18. The highest BCUT2D eigenvalue weighted by atomic mass is 35.5. The van der Waals surface area contributed by atoms with Gasteiger partial charge in [0.25, 0.3) is 0 Å². The molecular weight excluding hydrogens is 243 g/mol. The smallest absolute Gasteiger partial charge is 0.0465 e. The van der Waals surface area contributed by atoms with E-state index < -0.39 is 0 Å². The van der Waals surface area contributed by atoms with Crippen molar-refractivity contribution in [3.05, 3.63) is 33.8 Å². The molecule has 90 valence electrons. The Labute approximate surface area is 107 Å². The van der Waals surface area contributed by atoms with Crippen LogP contribution < -0.4 is 11.1 Å². The monoisotopic (exact) mass is 260 g/mol. The number of hydrogen-bond donors (Lipinski definition) is 2. The van der Waals surface area contributed by atoms with Crippen molar-refractivity contribution < 1.29 is 0 Å². The second kappa shape index (κ2) is 5.87. The SMILES string of the molecule is CC(C)(N)CCNCc1ccc(Cl)cc1Cl. The molecule has 0 aliphatic heterocycles. The molecule has 0 aliphatic carbocycles. The zero-order valence-corrected chi connectivity index (χ0v) is 11.2. The van der Waals surface area contributed by atoms with Crippen LogP contribution in [0.3, 0.4) is 0 Å². The number of nitrogens with two attached hydrogens (primary N) is 1. The van der Waals surface area contributed by atoms with E-state index in [1.807, 2.05) is 26.0 Å². The molecule has 1 rings (SSSR count). The summed E-state index contributed by atoms with van der Waals surface area (Å²) < 4.78 is 0. The third-order valence-electron chi connectivity index (χ3n) is 2.28. The van der Waals surface area contributed by atoms with Gasteiger partial charge in [-0.3, -0.25) is 0 Å². The fourth-order valence-corrected chi connectivity index (χ4v) is 1.77. The average Bonchev–Trinajstić information content (AvgIpc) is 2.13. The first-order valence-corrected chi connectivity index (χ1v) is 6.07. The first-order chi connectivity index (χ1) is 7.38. The van der Waals surface area contributed by atoms with Gasteiger partial charge in [-0.25, -0.2) is 0 Å². The first-order valence-electron chi connectivity index (χ1n) is 5.32. The number of benzene rings is 1. The van der Waals surface area contributed by atoms with Crippen LogP contribution in [0.2, 0.25) is 10.0 Å². The molecule has 1 aromatic carbocycles. The maximum absolute atomic E-state index is 6.05. The highest BCUT2D eigenvalue weighted by molar-refractivity contribution is 6.35. The van der Waals surface area contributed by atoms with Crippen LogP contribution in [-0.4, -0.2) is 12.1 Å². The van der Waals surface area contributed by atoms with Crippen molar-refractivity contribution >= 4 is 23.2 Å². The lowest BCUT2D eigenvalue weighted by Crippen LogP contribution is -2.35. The summed E-state index contributed by atoms with van der Waals surface area (Å²) in [4.78, 5) is 0. The van der Waals surface area contributed by atoms with Crippen LogP contribution in [0.15, 0.2) is 18.2 Å². The molecule has 0 bridgehead atoms. The Hall–Kier alpha value is -0.280. The molecule has 16 heavy (non-hydrogen) atoms. The minimum atomic E-state index is -0.128. The number of nitrogens with one attached hydrogen (secondary N) is 1. The zero-order valence-electron chi connectivity index (χ0n) is 9.69. The van der Waals surface area contributed by atoms with E-state index in [-0.39, 0.29) is 5.54 Å². The Morgan fingerprint density at radius 3 is 2.56 bits per heavy atom. The van der Waals surface area contributed by atoms with Crippen LogP contribution in [0.1, 0.15) is 25.8 Å². The van der Waals surface area contributed by atoms with Gasteiger partial charge in [-0.15, -0.1) is 0 Å². The summed E-state index contributed by atoms with van der Waals surface area (Å²) in [6, 6.07) is 5.54. The van der Waals surface area contributed by atoms with E-state index in [2.05, 4.69) is 5.32 Å². The molecule has 3 N–H and O–H groups in total. The largest absolute Gasteiger partial charge is 0.326 e. The second-order valence-corrected chi connectivity index (χ2v) is 5.49. The van der Waals surface area contributed by atoms with Gasteiger partial charge in [-0.2, -0.15) is 0 Å². The van der Waals surface area contributed by atoms with Crippen LogP contribution in [-0.2, 0) is 6.54 Å². The Balaban J connectivity index is 2.38. The Morgan fingerprint density at radius 1 is 1.31 bits per heavy atom. The molecule has 0 spiro atoms. The van der Waals surface area contributed by atoms with E-state index >= 15 is 0 Å². The lowest BCUT2D eigenvalue weighted by molar-refractivity contribution is 0.455. The summed E-state index contributed by atoms with van der Waals surface area (Å²) in [5, 5.41) is 4.68. The van der Waals surface area contributed by atoms with Crippen molar-refractivity contribution in [2.45, 2.75) is 32.4 Å². The molecule has 0 atom stereocenters. The fourth-order valence-electron chi connectivity index (χ4n) is 1.30. The standard InChI is InChI=1S/C12H18Cl2N2/c1-12(2,15)5-6-16-8-9-3-4-10(13)7-11(9)14/h3-4,7,16H,5-6,8,15H2,1-2H3. The molecule has 0 amide bonds. The molecule has 0 saturated carbocycles. The number of rotatable bonds is 5. The maximum atomic E-state index is 6.05. The first kappa shape index (κ1) is 13.8. The highest BCUT2D eigenvalue weighted by Gasteiger charge is 2.09. The van der Waals surface area contributed by atoms with Gasteiger partial charge in [0.1, 0.15) is 0 Å². The van der Waals surface area contributed by atoms with Gasteiger partial charge >= 0.3 is 0 Å². The van der Waals surface area contributed by atoms with Crippen LogP contribution in [0.25, 0.3) is 0 Å². The van der Waals surface area contributed by atoms with Crippen LogP contribution >= 0.6 is 23.2 Å². The molecule has 0 fully saturated rings. The molecule has 1 aromatic rings.